The van der Waals surface area contributed by atoms with Crippen molar-refractivity contribution in [1.29, 1.82) is 0 Å². The van der Waals surface area contributed by atoms with E-state index >= 15 is 0 Å². The number of hydrogen-bond donors (Lipinski definition) is 0. The van der Waals surface area contributed by atoms with Crippen molar-refractivity contribution in [2.45, 2.75) is 51.4 Å². The van der Waals surface area contributed by atoms with Crippen LogP contribution in [0.15, 0.2) is 150 Å². The van der Waals surface area contributed by atoms with Gasteiger partial charge in [-0.05, 0) is 82.0 Å². The van der Waals surface area contributed by atoms with Gasteiger partial charge in [0.1, 0.15) is 16.8 Å². The first-order chi connectivity index (χ1) is 27.8. The maximum absolute atomic E-state index is 6.62. The topological polar surface area (TPSA) is 48.8 Å². The minimum atomic E-state index is -0.0630. The normalized spacial score (nSPS) is 15.2. The van der Waals surface area contributed by atoms with E-state index in [1.54, 1.807) is 0 Å². The molecule has 0 fully saturated rings. The van der Waals surface area contributed by atoms with Crippen LogP contribution < -0.4 is 0 Å². The highest BCUT2D eigenvalue weighted by atomic mass is 16.3. The summed E-state index contributed by atoms with van der Waals surface area (Å²) in [6.07, 6.45) is 2.24. The Balaban J connectivity index is 1.40. The summed E-state index contributed by atoms with van der Waals surface area (Å²) in [6.45, 7) is 9.73. The molecule has 0 radical (unpaired) electrons. The number of para-hydroxylation sites is 3. The lowest BCUT2D eigenvalue weighted by Gasteiger charge is -2.42. The van der Waals surface area contributed by atoms with Crippen molar-refractivity contribution in [2.24, 2.45) is 0 Å². The third kappa shape index (κ3) is 4.40. The highest BCUT2D eigenvalue weighted by Gasteiger charge is 2.40. The predicted molar refractivity (Wildman–Crippen MR) is 236 cm³/mol. The molecule has 4 heterocycles. The van der Waals surface area contributed by atoms with Crippen LogP contribution in [0, 0.1) is 0 Å². The molecule has 5 nitrogen and oxygen atoms in total. The van der Waals surface area contributed by atoms with E-state index in [-0.39, 0.29) is 10.8 Å². The summed E-state index contributed by atoms with van der Waals surface area (Å²) in [5.41, 5.74) is 12.6. The highest BCUT2D eigenvalue weighted by molar-refractivity contribution is 6.37. The summed E-state index contributed by atoms with van der Waals surface area (Å²) in [4.78, 5) is 11.1. The van der Waals surface area contributed by atoms with Gasteiger partial charge in [-0.2, -0.15) is 0 Å². The van der Waals surface area contributed by atoms with Crippen molar-refractivity contribution in [1.82, 2.24) is 19.1 Å². The largest absolute Gasteiger partial charge is 0.452 e. The smallest absolute Gasteiger partial charge is 0.236 e. The molecule has 0 saturated heterocycles. The van der Waals surface area contributed by atoms with Crippen molar-refractivity contribution in [3.05, 3.63) is 157 Å². The molecule has 0 spiro atoms. The van der Waals surface area contributed by atoms with Crippen molar-refractivity contribution < 1.29 is 4.42 Å². The first-order valence-electron chi connectivity index (χ1n) is 20.1. The number of rotatable bonds is 3. The molecule has 12 rings (SSSR count). The van der Waals surface area contributed by atoms with E-state index in [1.165, 1.54) is 49.0 Å². The Bertz CT molecular complexity index is 3460. The first-order valence-corrected chi connectivity index (χ1v) is 20.1. The lowest BCUT2D eigenvalue weighted by Crippen LogP contribution is -2.34. The van der Waals surface area contributed by atoms with E-state index in [2.05, 4.69) is 164 Å². The third-order valence-corrected chi connectivity index (χ3v) is 12.9. The van der Waals surface area contributed by atoms with E-state index in [4.69, 9.17) is 14.4 Å². The third-order valence-electron chi connectivity index (χ3n) is 12.9. The molecule has 0 bridgehead atoms. The Labute approximate surface area is 329 Å². The van der Waals surface area contributed by atoms with Crippen molar-refractivity contribution in [3.8, 4) is 22.9 Å². The maximum atomic E-state index is 6.62. The van der Waals surface area contributed by atoms with Crippen LogP contribution in [0.5, 0.6) is 0 Å². The molecule has 0 saturated carbocycles. The molecule has 7 aromatic carbocycles. The van der Waals surface area contributed by atoms with Crippen LogP contribution in [0.1, 0.15) is 51.7 Å². The number of nitrogens with zero attached hydrogens (tertiary/aromatic N) is 4. The van der Waals surface area contributed by atoms with Crippen LogP contribution in [0.2, 0.25) is 0 Å². The van der Waals surface area contributed by atoms with Gasteiger partial charge in [0.15, 0.2) is 5.58 Å². The second kappa shape index (κ2) is 11.4. The Hall–Kier alpha value is -6.72. The highest BCUT2D eigenvalue weighted by Crippen LogP contribution is 2.54. The van der Waals surface area contributed by atoms with E-state index in [9.17, 15) is 0 Å². The van der Waals surface area contributed by atoms with Gasteiger partial charge in [0.05, 0.1) is 22.1 Å². The van der Waals surface area contributed by atoms with Gasteiger partial charge < -0.3 is 8.98 Å². The molecule has 0 amide bonds. The summed E-state index contributed by atoms with van der Waals surface area (Å²) in [5.74, 6) is 0.627. The molecule has 4 aromatic heterocycles. The summed E-state index contributed by atoms with van der Waals surface area (Å²) < 4.78 is 11.5. The average molecular weight is 737 g/mol. The van der Waals surface area contributed by atoms with Crippen LogP contribution in [0.25, 0.3) is 99.3 Å². The standard InChI is InChI=1S/C52H40N4O/c1-51(2)29-30-52(3,4)44-37(51)27-28-39-43(44)42-34-22-12-11-21-33(34)41-35-23-13-15-25-38(35)55(32-19-9-6-10-20-32)47(41)48(42)56(39)50-53-45(31-17-7-5-8-18-31)49-46(54-50)36-24-14-16-26-40(36)57-49/h5-28H,29-30H2,1-4H3. The Kier molecular flexibility index (Phi) is 6.52. The second-order valence-electron chi connectivity index (χ2n) is 17.2. The molecule has 11 aromatic rings. The van der Waals surface area contributed by atoms with Crippen molar-refractivity contribution in [2.75, 3.05) is 0 Å². The summed E-state index contributed by atoms with van der Waals surface area (Å²) in [7, 11) is 0. The average Bonchev–Trinajstić information content (AvgIpc) is 3.91. The van der Waals surface area contributed by atoms with E-state index in [0.29, 0.717) is 11.5 Å². The molecule has 0 aliphatic heterocycles. The Morgan fingerprint density at radius 1 is 0.509 bits per heavy atom. The summed E-state index contributed by atoms with van der Waals surface area (Å²) in [5, 5.41) is 8.46. The number of hydrogen-bond acceptors (Lipinski definition) is 3. The minimum Gasteiger partial charge on any atom is -0.452 e. The first kappa shape index (κ1) is 32.5. The SMILES string of the molecule is CC1(C)CCC(C)(C)c2c1ccc1c2c2c3ccccc3c3c4ccccc4n(-c4ccccc4)c3c2n1-c1nc(-c2ccccc2)c2oc3ccccc3c2n1. The zero-order chi connectivity index (χ0) is 38.2. The van der Waals surface area contributed by atoms with Gasteiger partial charge in [-0.25, -0.2) is 9.97 Å². The molecule has 1 aliphatic rings. The predicted octanol–water partition coefficient (Wildman–Crippen LogP) is 13.7. The Morgan fingerprint density at radius 2 is 1.12 bits per heavy atom. The zero-order valence-corrected chi connectivity index (χ0v) is 32.5. The fraction of sp³-hybridized carbons (Fsp3) is 0.154. The molecule has 57 heavy (non-hydrogen) atoms. The molecule has 274 valence electrons. The van der Waals surface area contributed by atoms with Gasteiger partial charge in [-0.15, -0.1) is 0 Å². The summed E-state index contributed by atoms with van der Waals surface area (Å²) in [6, 6.07) is 52.1. The summed E-state index contributed by atoms with van der Waals surface area (Å²) >= 11 is 0. The molecule has 1 aliphatic carbocycles. The maximum Gasteiger partial charge on any atom is 0.236 e. The second-order valence-corrected chi connectivity index (χ2v) is 17.2. The van der Waals surface area contributed by atoms with E-state index in [0.717, 1.165) is 62.8 Å². The monoisotopic (exact) mass is 736 g/mol. The molecule has 5 heteroatoms. The lowest BCUT2D eigenvalue weighted by atomic mass is 9.62. The molecule has 0 N–H and O–H groups in total. The molecule has 0 atom stereocenters. The van der Waals surface area contributed by atoms with Gasteiger partial charge >= 0.3 is 0 Å². The van der Waals surface area contributed by atoms with Crippen LogP contribution in [-0.2, 0) is 10.8 Å². The molecule has 0 unspecified atom stereocenters. The van der Waals surface area contributed by atoms with Crippen LogP contribution >= 0.6 is 0 Å². The van der Waals surface area contributed by atoms with E-state index in [1.807, 2.05) is 18.2 Å². The fourth-order valence-electron chi connectivity index (χ4n) is 10.2. The van der Waals surface area contributed by atoms with Crippen molar-refractivity contribution in [3.63, 3.8) is 0 Å². The molecular formula is C52H40N4O. The zero-order valence-electron chi connectivity index (χ0n) is 32.5. The van der Waals surface area contributed by atoms with E-state index < -0.39 is 0 Å². The quantitative estimate of drug-likeness (QED) is 0.181. The van der Waals surface area contributed by atoms with Gasteiger partial charge in [0.25, 0.3) is 0 Å². The van der Waals surface area contributed by atoms with Gasteiger partial charge in [0.2, 0.25) is 5.95 Å². The minimum absolute atomic E-state index is 0.0257. The van der Waals surface area contributed by atoms with Crippen LogP contribution in [0.4, 0.5) is 0 Å². The number of aromatic nitrogens is 4. The lowest BCUT2D eigenvalue weighted by molar-refractivity contribution is 0.334. The van der Waals surface area contributed by atoms with Gasteiger partial charge in [0, 0.05) is 38.2 Å². The fourth-order valence-corrected chi connectivity index (χ4v) is 10.2. The van der Waals surface area contributed by atoms with Crippen LogP contribution in [0.3, 0.4) is 0 Å². The number of fused-ring (bicyclic) bond motifs is 15. The Morgan fingerprint density at radius 3 is 1.89 bits per heavy atom. The van der Waals surface area contributed by atoms with Gasteiger partial charge in [-0.3, -0.25) is 4.57 Å². The van der Waals surface area contributed by atoms with Crippen molar-refractivity contribution >= 4 is 76.5 Å². The number of furan rings is 1. The number of benzene rings is 7. The van der Waals surface area contributed by atoms with Crippen LogP contribution in [-0.4, -0.2) is 19.1 Å². The molecular weight excluding hydrogens is 697 g/mol. The van der Waals surface area contributed by atoms with Gasteiger partial charge in [-0.1, -0.05) is 137 Å².